The molecular weight excluding hydrogens is 360 g/mol. The Morgan fingerprint density at radius 2 is 1.67 bits per heavy atom. The van der Waals surface area contributed by atoms with Gasteiger partial charge in [-0.2, -0.15) is 4.31 Å². The predicted molar refractivity (Wildman–Crippen MR) is 110 cm³/mol. The number of amides is 1. The second-order valence-corrected chi connectivity index (χ2v) is 8.17. The molecule has 5 nitrogen and oxygen atoms in total. The number of aryl methyl sites for hydroxylation is 1. The third-order valence-electron chi connectivity index (χ3n) is 4.51. The van der Waals surface area contributed by atoms with Gasteiger partial charge in [0.05, 0.1) is 4.90 Å². The summed E-state index contributed by atoms with van der Waals surface area (Å²) in [6, 6.07) is 12.3. The van der Waals surface area contributed by atoms with Crippen molar-refractivity contribution in [1.82, 2.24) is 4.31 Å². The van der Waals surface area contributed by atoms with E-state index >= 15 is 0 Å². The van der Waals surface area contributed by atoms with Gasteiger partial charge in [0.2, 0.25) is 15.9 Å². The van der Waals surface area contributed by atoms with Crippen LogP contribution >= 0.6 is 0 Å². The zero-order valence-corrected chi connectivity index (χ0v) is 17.0. The Kier molecular flexibility index (Phi) is 6.93. The number of nitrogens with one attached hydrogen (secondary N) is 1. The summed E-state index contributed by atoms with van der Waals surface area (Å²) < 4.78 is 26.4. The van der Waals surface area contributed by atoms with Crippen LogP contribution in [0.1, 0.15) is 30.5 Å². The number of benzene rings is 2. The standard InChI is InChI=1S/C21H26N2O3S/c1-5-23(6-2)27(25,26)19-13-10-18(11-14-19)12-15-21(24)22-20-9-7-8-16(3)17(20)4/h7-15H,5-6H2,1-4H3,(H,22,24)/b15-12+. The van der Waals surface area contributed by atoms with Crippen molar-refractivity contribution in [3.63, 3.8) is 0 Å². The zero-order chi connectivity index (χ0) is 20.0. The normalized spacial score (nSPS) is 11.9. The molecule has 0 fully saturated rings. The summed E-state index contributed by atoms with van der Waals surface area (Å²) in [5.74, 6) is -0.233. The highest BCUT2D eigenvalue weighted by atomic mass is 32.2. The highest BCUT2D eigenvalue weighted by Crippen LogP contribution is 2.19. The lowest BCUT2D eigenvalue weighted by molar-refractivity contribution is -0.111. The number of anilines is 1. The van der Waals surface area contributed by atoms with Gasteiger partial charge < -0.3 is 5.32 Å². The van der Waals surface area contributed by atoms with E-state index in [9.17, 15) is 13.2 Å². The molecule has 0 saturated carbocycles. The van der Waals surface area contributed by atoms with Crippen molar-refractivity contribution in [2.45, 2.75) is 32.6 Å². The van der Waals surface area contributed by atoms with E-state index in [0.717, 1.165) is 22.4 Å². The first-order chi connectivity index (χ1) is 12.8. The molecule has 0 spiro atoms. The Morgan fingerprint density at radius 1 is 1.04 bits per heavy atom. The van der Waals surface area contributed by atoms with Crippen molar-refractivity contribution in [3.8, 4) is 0 Å². The van der Waals surface area contributed by atoms with Crippen LogP contribution in [0.25, 0.3) is 6.08 Å². The Balaban J connectivity index is 2.09. The first-order valence-corrected chi connectivity index (χ1v) is 10.4. The minimum atomic E-state index is -3.47. The highest BCUT2D eigenvalue weighted by molar-refractivity contribution is 7.89. The third-order valence-corrected chi connectivity index (χ3v) is 6.58. The molecule has 0 aliphatic rings. The molecule has 1 amide bonds. The molecule has 27 heavy (non-hydrogen) atoms. The van der Waals surface area contributed by atoms with Crippen LogP contribution in [0.15, 0.2) is 53.4 Å². The van der Waals surface area contributed by atoms with Gasteiger partial charge in [-0.25, -0.2) is 8.42 Å². The molecular formula is C21H26N2O3S. The molecule has 0 aliphatic heterocycles. The Morgan fingerprint density at radius 3 is 2.26 bits per heavy atom. The fraction of sp³-hybridized carbons (Fsp3) is 0.286. The summed E-state index contributed by atoms with van der Waals surface area (Å²) in [5.41, 5.74) is 3.68. The van der Waals surface area contributed by atoms with E-state index in [0.29, 0.717) is 13.1 Å². The number of hydrogen-bond donors (Lipinski definition) is 1. The maximum atomic E-state index is 12.5. The predicted octanol–water partition coefficient (Wildman–Crippen LogP) is 3.99. The fourth-order valence-electron chi connectivity index (χ4n) is 2.70. The van der Waals surface area contributed by atoms with Gasteiger partial charge in [-0.1, -0.05) is 38.1 Å². The molecule has 2 aromatic carbocycles. The number of carbonyl (C=O) groups is 1. The zero-order valence-electron chi connectivity index (χ0n) is 16.2. The molecule has 0 unspecified atom stereocenters. The SMILES string of the molecule is CCN(CC)S(=O)(=O)c1ccc(/C=C/C(=O)Nc2cccc(C)c2C)cc1. The molecule has 0 heterocycles. The van der Waals surface area contributed by atoms with Gasteiger partial charge in [0, 0.05) is 24.9 Å². The number of nitrogens with zero attached hydrogens (tertiary/aromatic N) is 1. The van der Waals surface area contributed by atoms with Crippen LogP contribution < -0.4 is 5.32 Å². The number of sulfonamides is 1. The van der Waals surface area contributed by atoms with Crippen molar-refractivity contribution in [2.75, 3.05) is 18.4 Å². The lowest BCUT2D eigenvalue weighted by atomic mass is 10.1. The van der Waals surface area contributed by atoms with Crippen LogP contribution in [-0.4, -0.2) is 31.7 Å². The molecule has 144 valence electrons. The van der Waals surface area contributed by atoms with Gasteiger partial charge in [-0.15, -0.1) is 0 Å². The third kappa shape index (κ3) is 5.05. The van der Waals surface area contributed by atoms with Crippen molar-refractivity contribution >= 4 is 27.7 Å². The summed E-state index contributed by atoms with van der Waals surface area (Å²) in [5, 5.41) is 2.86. The Bertz CT molecular complexity index is 928. The fourth-order valence-corrected chi connectivity index (χ4v) is 4.15. The summed E-state index contributed by atoms with van der Waals surface area (Å²) >= 11 is 0. The van der Waals surface area contributed by atoms with Crippen LogP contribution in [-0.2, 0) is 14.8 Å². The quantitative estimate of drug-likeness (QED) is 0.732. The number of carbonyl (C=O) groups excluding carboxylic acids is 1. The average Bonchev–Trinajstić information content (AvgIpc) is 2.65. The van der Waals surface area contributed by atoms with Gasteiger partial charge in [-0.05, 0) is 54.8 Å². The topological polar surface area (TPSA) is 66.5 Å². The van der Waals surface area contributed by atoms with Gasteiger partial charge >= 0.3 is 0 Å². The molecule has 0 aliphatic carbocycles. The van der Waals surface area contributed by atoms with Crippen molar-refractivity contribution in [2.24, 2.45) is 0 Å². The number of rotatable bonds is 7. The molecule has 2 rings (SSSR count). The second-order valence-electron chi connectivity index (χ2n) is 6.23. The van der Waals surface area contributed by atoms with Crippen LogP contribution in [0.2, 0.25) is 0 Å². The van der Waals surface area contributed by atoms with Crippen molar-refractivity contribution in [1.29, 1.82) is 0 Å². The van der Waals surface area contributed by atoms with E-state index < -0.39 is 10.0 Å². The van der Waals surface area contributed by atoms with Crippen molar-refractivity contribution in [3.05, 3.63) is 65.2 Å². The van der Waals surface area contributed by atoms with Crippen molar-refractivity contribution < 1.29 is 13.2 Å². The van der Waals surface area contributed by atoms with Gasteiger partial charge in [0.1, 0.15) is 0 Å². The minimum Gasteiger partial charge on any atom is -0.322 e. The summed E-state index contributed by atoms with van der Waals surface area (Å²) in [7, 11) is -3.47. The molecule has 6 heteroatoms. The molecule has 0 aromatic heterocycles. The minimum absolute atomic E-state index is 0.233. The van der Waals surface area contributed by atoms with Gasteiger partial charge in [0.25, 0.3) is 0 Å². The number of hydrogen-bond acceptors (Lipinski definition) is 3. The molecule has 2 aromatic rings. The molecule has 0 bridgehead atoms. The van der Waals surface area contributed by atoms with Gasteiger partial charge in [0.15, 0.2) is 0 Å². The monoisotopic (exact) mass is 386 g/mol. The average molecular weight is 387 g/mol. The first-order valence-electron chi connectivity index (χ1n) is 8.95. The molecule has 1 N–H and O–H groups in total. The van der Waals surface area contributed by atoms with E-state index in [1.165, 1.54) is 10.4 Å². The Hall–Kier alpha value is -2.44. The van der Waals surface area contributed by atoms with E-state index in [1.807, 2.05) is 45.9 Å². The lowest BCUT2D eigenvalue weighted by Crippen LogP contribution is -2.30. The van der Waals surface area contributed by atoms with Gasteiger partial charge in [-0.3, -0.25) is 4.79 Å². The summed E-state index contributed by atoms with van der Waals surface area (Å²) in [6.07, 6.45) is 3.10. The van der Waals surface area contributed by atoms with Crippen LogP contribution in [0.5, 0.6) is 0 Å². The van der Waals surface area contributed by atoms with E-state index in [2.05, 4.69) is 5.32 Å². The highest BCUT2D eigenvalue weighted by Gasteiger charge is 2.20. The van der Waals surface area contributed by atoms with Crippen LogP contribution in [0.3, 0.4) is 0 Å². The summed E-state index contributed by atoms with van der Waals surface area (Å²) in [4.78, 5) is 12.4. The molecule has 0 saturated heterocycles. The summed E-state index contributed by atoms with van der Waals surface area (Å²) in [6.45, 7) is 8.44. The second kappa shape index (κ2) is 8.97. The smallest absolute Gasteiger partial charge is 0.248 e. The maximum absolute atomic E-state index is 12.5. The lowest BCUT2D eigenvalue weighted by Gasteiger charge is -2.18. The van der Waals surface area contributed by atoms with Crippen LogP contribution in [0, 0.1) is 13.8 Å². The maximum Gasteiger partial charge on any atom is 0.248 e. The van der Waals surface area contributed by atoms with Crippen LogP contribution in [0.4, 0.5) is 5.69 Å². The molecule has 0 atom stereocenters. The molecule has 0 radical (unpaired) electrons. The van der Waals surface area contributed by atoms with E-state index in [-0.39, 0.29) is 10.8 Å². The largest absolute Gasteiger partial charge is 0.322 e. The van der Waals surface area contributed by atoms with E-state index in [1.54, 1.807) is 30.3 Å². The Labute approximate surface area is 161 Å². The van der Waals surface area contributed by atoms with E-state index in [4.69, 9.17) is 0 Å². The first kappa shape index (κ1) is 20.9.